The first-order chi connectivity index (χ1) is 11.3. The third-order valence-corrected chi connectivity index (χ3v) is 6.47. The summed E-state index contributed by atoms with van der Waals surface area (Å²) < 4.78 is 25.0. The Morgan fingerprint density at radius 1 is 1.29 bits per heavy atom. The number of nitrogens with zero attached hydrogens (tertiary/aromatic N) is 3. The molecule has 6 nitrogen and oxygen atoms in total. The summed E-state index contributed by atoms with van der Waals surface area (Å²) >= 11 is 0. The standard InChI is InChI=1S/C17H27N3O3S/c1-5-15-12-18(3)16-10-8-7-9-14(16)11-20(15)17(21)13-19(4)24(22,23)6-2/h7-10,15H,5-6,11-13H2,1-4H3/t15-/m0/s1. The maximum Gasteiger partial charge on any atom is 0.238 e. The predicted molar refractivity (Wildman–Crippen MR) is 96.4 cm³/mol. The largest absolute Gasteiger partial charge is 0.372 e. The van der Waals surface area contributed by atoms with Crippen molar-refractivity contribution in [3.63, 3.8) is 0 Å². The van der Waals surface area contributed by atoms with E-state index in [0.717, 1.165) is 28.5 Å². The van der Waals surface area contributed by atoms with Crippen LogP contribution >= 0.6 is 0 Å². The van der Waals surface area contributed by atoms with Crippen molar-refractivity contribution >= 4 is 21.6 Å². The Morgan fingerprint density at radius 2 is 1.96 bits per heavy atom. The fraction of sp³-hybridized carbons (Fsp3) is 0.588. The lowest BCUT2D eigenvalue weighted by atomic mass is 10.1. The zero-order chi connectivity index (χ0) is 17.9. The average Bonchev–Trinajstić information content (AvgIpc) is 2.71. The van der Waals surface area contributed by atoms with Gasteiger partial charge in [0.1, 0.15) is 0 Å². The average molecular weight is 353 g/mol. The van der Waals surface area contributed by atoms with Crippen LogP contribution in [0.15, 0.2) is 24.3 Å². The van der Waals surface area contributed by atoms with Crippen molar-refractivity contribution in [2.75, 3.05) is 37.8 Å². The molecule has 1 aromatic carbocycles. The van der Waals surface area contributed by atoms with Crippen LogP contribution in [0.3, 0.4) is 0 Å². The lowest BCUT2D eigenvalue weighted by molar-refractivity contribution is -0.134. The lowest BCUT2D eigenvalue weighted by Crippen LogP contribution is -2.47. The van der Waals surface area contributed by atoms with Crippen LogP contribution in [0.25, 0.3) is 0 Å². The smallest absolute Gasteiger partial charge is 0.238 e. The molecule has 0 fully saturated rings. The van der Waals surface area contributed by atoms with Gasteiger partial charge in [-0.15, -0.1) is 0 Å². The molecule has 1 aliphatic heterocycles. The van der Waals surface area contributed by atoms with Crippen LogP contribution in [0.4, 0.5) is 5.69 Å². The van der Waals surface area contributed by atoms with Gasteiger partial charge in [-0.1, -0.05) is 25.1 Å². The van der Waals surface area contributed by atoms with Crippen LogP contribution in [0.1, 0.15) is 25.8 Å². The number of likely N-dealkylation sites (N-methyl/N-ethyl adjacent to an activating group) is 2. The van der Waals surface area contributed by atoms with Gasteiger partial charge in [-0.2, -0.15) is 4.31 Å². The molecule has 0 spiro atoms. The van der Waals surface area contributed by atoms with Gasteiger partial charge in [-0.3, -0.25) is 4.79 Å². The van der Waals surface area contributed by atoms with Gasteiger partial charge in [0.05, 0.1) is 12.3 Å². The second kappa shape index (κ2) is 7.53. The number of rotatable bonds is 5. The molecule has 0 aliphatic carbocycles. The molecule has 0 bridgehead atoms. The molecular formula is C17H27N3O3S. The first-order valence-electron chi connectivity index (χ1n) is 8.32. The van der Waals surface area contributed by atoms with Crippen molar-refractivity contribution in [2.45, 2.75) is 32.9 Å². The van der Waals surface area contributed by atoms with E-state index in [9.17, 15) is 13.2 Å². The fourth-order valence-corrected chi connectivity index (χ4v) is 3.83. The zero-order valence-corrected chi connectivity index (χ0v) is 15.7. The molecule has 24 heavy (non-hydrogen) atoms. The minimum atomic E-state index is -3.36. The number of fused-ring (bicyclic) bond motifs is 1. The van der Waals surface area contributed by atoms with Crippen molar-refractivity contribution in [1.29, 1.82) is 0 Å². The first-order valence-corrected chi connectivity index (χ1v) is 9.93. The maximum atomic E-state index is 12.8. The van der Waals surface area contributed by atoms with E-state index in [-0.39, 0.29) is 24.2 Å². The number of benzene rings is 1. The summed E-state index contributed by atoms with van der Waals surface area (Å²) in [6.45, 7) is 4.78. The molecule has 1 aliphatic rings. The third kappa shape index (κ3) is 3.89. The minimum Gasteiger partial charge on any atom is -0.372 e. The number of amides is 1. The predicted octanol–water partition coefficient (Wildman–Crippen LogP) is 1.53. The van der Waals surface area contributed by atoms with E-state index in [1.807, 2.05) is 30.1 Å². The van der Waals surface area contributed by atoms with Crippen molar-refractivity contribution in [1.82, 2.24) is 9.21 Å². The Bertz CT molecular complexity index is 690. The summed E-state index contributed by atoms with van der Waals surface area (Å²) in [6, 6.07) is 8.11. The summed E-state index contributed by atoms with van der Waals surface area (Å²) in [5.41, 5.74) is 2.21. The highest BCUT2D eigenvalue weighted by molar-refractivity contribution is 7.89. The van der Waals surface area contributed by atoms with Crippen LogP contribution in [0.5, 0.6) is 0 Å². The summed E-state index contributed by atoms with van der Waals surface area (Å²) in [4.78, 5) is 16.8. The fourth-order valence-electron chi connectivity index (χ4n) is 3.08. The van der Waals surface area contributed by atoms with Gasteiger partial charge in [0, 0.05) is 38.9 Å². The number of anilines is 1. The number of hydrogen-bond acceptors (Lipinski definition) is 4. The topological polar surface area (TPSA) is 60.9 Å². The molecule has 1 heterocycles. The Morgan fingerprint density at radius 3 is 2.58 bits per heavy atom. The van der Waals surface area contributed by atoms with Gasteiger partial charge < -0.3 is 9.80 Å². The Balaban J connectivity index is 2.25. The van der Waals surface area contributed by atoms with E-state index >= 15 is 0 Å². The van der Waals surface area contributed by atoms with Crippen LogP contribution in [0.2, 0.25) is 0 Å². The van der Waals surface area contributed by atoms with E-state index in [0.29, 0.717) is 6.54 Å². The third-order valence-electron chi connectivity index (χ3n) is 4.66. The van der Waals surface area contributed by atoms with Crippen molar-refractivity contribution in [3.05, 3.63) is 29.8 Å². The van der Waals surface area contributed by atoms with Gasteiger partial charge in [0.2, 0.25) is 15.9 Å². The van der Waals surface area contributed by atoms with Gasteiger partial charge in [0.25, 0.3) is 0 Å². The van der Waals surface area contributed by atoms with Crippen molar-refractivity contribution in [2.24, 2.45) is 0 Å². The number of sulfonamides is 1. The highest BCUT2D eigenvalue weighted by Gasteiger charge is 2.30. The van der Waals surface area contributed by atoms with E-state index in [4.69, 9.17) is 0 Å². The maximum absolute atomic E-state index is 12.8. The number of carbonyl (C=O) groups is 1. The summed E-state index contributed by atoms with van der Waals surface area (Å²) in [6.07, 6.45) is 0.828. The Hall–Kier alpha value is -1.60. The van der Waals surface area contributed by atoms with Crippen LogP contribution in [-0.4, -0.2) is 62.5 Å². The summed E-state index contributed by atoms with van der Waals surface area (Å²) in [5.74, 6) is -0.147. The monoisotopic (exact) mass is 353 g/mol. The van der Waals surface area contributed by atoms with E-state index in [1.165, 1.54) is 7.05 Å². The van der Waals surface area contributed by atoms with E-state index in [2.05, 4.69) is 17.9 Å². The Kier molecular flexibility index (Phi) is 5.87. The molecule has 0 N–H and O–H groups in total. The zero-order valence-electron chi connectivity index (χ0n) is 14.9. The molecule has 1 aromatic rings. The molecule has 0 unspecified atom stereocenters. The first kappa shape index (κ1) is 18.7. The molecule has 0 saturated heterocycles. The quantitative estimate of drug-likeness (QED) is 0.805. The van der Waals surface area contributed by atoms with Crippen LogP contribution in [0, 0.1) is 0 Å². The molecule has 2 rings (SSSR count). The van der Waals surface area contributed by atoms with Gasteiger partial charge in [-0.25, -0.2) is 8.42 Å². The molecule has 0 saturated carbocycles. The normalized spacial score (nSPS) is 18.5. The number of para-hydroxylation sites is 1. The molecule has 1 atom stereocenters. The molecule has 0 radical (unpaired) electrons. The SMILES string of the molecule is CC[C@H]1CN(C)c2ccccc2CN1C(=O)CN(C)S(=O)(=O)CC. The van der Waals surface area contributed by atoms with E-state index < -0.39 is 10.0 Å². The van der Waals surface area contributed by atoms with Crippen LogP contribution < -0.4 is 4.90 Å². The van der Waals surface area contributed by atoms with Crippen LogP contribution in [-0.2, 0) is 21.4 Å². The highest BCUT2D eigenvalue weighted by Crippen LogP contribution is 2.27. The highest BCUT2D eigenvalue weighted by atomic mass is 32.2. The van der Waals surface area contributed by atoms with Gasteiger partial charge >= 0.3 is 0 Å². The summed E-state index contributed by atoms with van der Waals surface area (Å²) in [5, 5.41) is 0. The number of hydrogen-bond donors (Lipinski definition) is 0. The lowest BCUT2D eigenvalue weighted by Gasteiger charge is -2.31. The molecule has 1 amide bonds. The second-order valence-electron chi connectivity index (χ2n) is 6.25. The minimum absolute atomic E-state index is 0.000439. The van der Waals surface area contributed by atoms with Crippen molar-refractivity contribution in [3.8, 4) is 0 Å². The molecule has 0 aromatic heterocycles. The Labute approximate surface area is 145 Å². The molecule has 134 valence electrons. The second-order valence-corrected chi connectivity index (χ2v) is 8.61. The molecule has 7 heteroatoms. The molecular weight excluding hydrogens is 326 g/mol. The summed E-state index contributed by atoms with van der Waals surface area (Å²) in [7, 11) is 0.138. The van der Waals surface area contributed by atoms with E-state index in [1.54, 1.807) is 6.92 Å². The van der Waals surface area contributed by atoms with Gasteiger partial charge in [0.15, 0.2) is 0 Å². The van der Waals surface area contributed by atoms with Crippen molar-refractivity contribution < 1.29 is 13.2 Å². The number of carbonyl (C=O) groups excluding carboxylic acids is 1. The van der Waals surface area contributed by atoms with Gasteiger partial charge in [-0.05, 0) is 25.0 Å².